The van der Waals surface area contributed by atoms with Crippen molar-refractivity contribution in [1.29, 1.82) is 0 Å². The van der Waals surface area contributed by atoms with E-state index in [0.29, 0.717) is 11.3 Å². The molecule has 2 aromatic carbocycles. The second kappa shape index (κ2) is 8.37. The molecular weight excluding hydrogens is 403 g/mol. The van der Waals surface area contributed by atoms with Crippen molar-refractivity contribution in [2.45, 2.75) is 20.1 Å². The summed E-state index contributed by atoms with van der Waals surface area (Å²) in [4.78, 5) is 27.1. The highest BCUT2D eigenvalue weighted by Crippen LogP contribution is 2.22. The van der Waals surface area contributed by atoms with Crippen molar-refractivity contribution in [3.8, 4) is 0 Å². The van der Waals surface area contributed by atoms with Crippen LogP contribution in [0.3, 0.4) is 0 Å². The quantitative estimate of drug-likeness (QED) is 0.531. The number of carboxylic acid groups (broad SMARTS) is 1. The highest BCUT2D eigenvalue weighted by Gasteiger charge is 2.17. The van der Waals surface area contributed by atoms with Crippen LogP contribution in [-0.4, -0.2) is 25.7 Å². The molecule has 1 aromatic heterocycles. The molecule has 0 unspecified atom stereocenters. The number of aliphatic hydroxyl groups is 1. The van der Waals surface area contributed by atoms with Gasteiger partial charge in [0.1, 0.15) is 5.56 Å². The molecule has 3 aromatic rings. The Morgan fingerprint density at radius 2 is 1.80 bits per heavy atom. The van der Waals surface area contributed by atoms with E-state index >= 15 is 0 Å². The van der Waals surface area contributed by atoms with Gasteiger partial charge in [-0.25, -0.2) is 18.0 Å². The summed E-state index contributed by atoms with van der Waals surface area (Å²) < 4.78 is 41.6. The number of carbonyl (C=O) groups is 1. The van der Waals surface area contributed by atoms with Crippen molar-refractivity contribution in [3.63, 3.8) is 0 Å². The number of carboxylic acids is 1. The number of halogens is 3. The number of aryl methyl sites for hydroxylation is 1. The van der Waals surface area contributed by atoms with E-state index < -0.39 is 34.5 Å². The molecule has 0 aliphatic heterocycles. The van der Waals surface area contributed by atoms with Crippen molar-refractivity contribution in [2.75, 3.05) is 5.32 Å². The van der Waals surface area contributed by atoms with Crippen LogP contribution in [0.2, 0.25) is 0 Å². The minimum absolute atomic E-state index is 0.0166. The van der Waals surface area contributed by atoms with Crippen LogP contribution in [0.15, 0.2) is 41.3 Å². The van der Waals surface area contributed by atoms with E-state index in [1.165, 1.54) is 4.57 Å². The van der Waals surface area contributed by atoms with Crippen molar-refractivity contribution in [3.05, 3.63) is 86.6 Å². The standard InChI is InChI=1S/C20H16F3N3O4/c1-10-2-3-11(9-27)6-16(10)24-20-25-18(28)13(19(29)30)8-26(20)7-12-4-14(21)17(23)15(22)5-12/h2-6,8,27H,7,9H2,1H3,(H,29,30)(H,24,25,28). The predicted octanol–water partition coefficient (Wildman–Crippen LogP) is 2.95. The average Bonchev–Trinajstić information content (AvgIpc) is 2.69. The molecule has 0 aliphatic rings. The lowest BCUT2D eigenvalue weighted by molar-refractivity contribution is 0.0694. The number of anilines is 2. The molecule has 0 radical (unpaired) electrons. The lowest BCUT2D eigenvalue weighted by atomic mass is 10.1. The molecule has 0 saturated carbocycles. The molecule has 0 saturated heterocycles. The van der Waals surface area contributed by atoms with Crippen molar-refractivity contribution < 1.29 is 28.2 Å². The van der Waals surface area contributed by atoms with Gasteiger partial charge in [-0.1, -0.05) is 12.1 Å². The van der Waals surface area contributed by atoms with Gasteiger partial charge in [0, 0.05) is 11.9 Å². The van der Waals surface area contributed by atoms with Crippen LogP contribution < -0.4 is 10.9 Å². The number of aromatic nitrogens is 2. The number of hydrogen-bond acceptors (Lipinski definition) is 5. The first-order chi connectivity index (χ1) is 14.2. The number of nitrogens with one attached hydrogen (secondary N) is 1. The Kier molecular flexibility index (Phi) is 5.88. The molecule has 0 bridgehead atoms. The molecule has 156 valence electrons. The Bertz CT molecular complexity index is 1170. The molecule has 3 N–H and O–H groups in total. The smallest absolute Gasteiger partial charge is 0.342 e. The van der Waals surface area contributed by atoms with Crippen LogP contribution >= 0.6 is 0 Å². The maximum atomic E-state index is 13.6. The van der Waals surface area contributed by atoms with Crippen LogP contribution in [0.5, 0.6) is 0 Å². The first-order valence-corrected chi connectivity index (χ1v) is 8.65. The Hall–Kier alpha value is -3.66. The van der Waals surface area contributed by atoms with E-state index in [1.54, 1.807) is 25.1 Å². The van der Waals surface area contributed by atoms with Gasteiger partial charge in [0.25, 0.3) is 5.56 Å². The Morgan fingerprint density at radius 3 is 2.40 bits per heavy atom. The SMILES string of the molecule is Cc1ccc(CO)cc1Nc1nc(=O)c(C(=O)O)cn1Cc1cc(F)c(F)c(F)c1. The van der Waals surface area contributed by atoms with E-state index in [-0.39, 0.29) is 24.7 Å². The van der Waals surface area contributed by atoms with Gasteiger partial charge in [0.05, 0.1) is 13.2 Å². The molecule has 0 spiro atoms. The number of aliphatic hydroxyl groups excluding tert-OH is 1. The molecule has 3 rings (SSSR count). The van der Waals surface area contributed by atoms with Crippen molar-refractivity contribution in [1.82, 2.24) is 9.55 Å². The molecule has 1 heterocycles. The van der Waals surface area contributed by atoms with Gasteiger partial charge in [0.15, 0.2) is 17.5 Å². The second-order valence-corrected chi connectivity index (χ2v) is 6.52. The maximum absolute atomic E-state index is 13.6. The fraction of sp³-hybridized carbons (Fsp3) is 0.150. The van der Waals surface area contributed by atoms with Gasteiger partial charge in [-0.05, 0) is 41.8 Å². The molecule has 0 aliphatic carbocycles. The molecule has 0 amide bonds. The third kappa shape index (κ3) is 4.33. The third-order valence-electron chi connectivity index (χ3n) is 4.35. The maximum Gasteiger partial charge on any atom is 0.342 e. The Labute approximate surface area is 168 Å². The van der Waals surface area contributed by atoms with Gasteiger partial charge in [-0.2, -0.15) is 4.98 Å². The molecule has 10 heteroatoms. The second-order valence-electron chi connectivity index (χ2n) is 6.52. The summed E-state index contributed by atoms with van der Waals surface area (Å²) in [6.45, 7) is 1.21. The lowest BCUT2D eigenvalue weighted by Gasteiger charge is -2.17. The summed E-state index contributed by atoms with van der Waals surface area (Å²) >= 11 is 0. The Balaban J connectivity index is 2.10. The number of benzene rings is 2. The zero-order chi connectivity index (χ0) is 22.0. The van der Waals surface area contributed by atoms with Gasteiger partial charge in [-0.3, -0.25) is 4.79 Å². The van der Waals surface area contributed by atoms with Crippen molar-refractivity contribution in [2.24, 2.45) is 0 Å². The summed E-state index contributed by atoms with van der Waals surface area (Å²) in [6.07, 6.45) is 0.977. The molecule has 0 atom stereocenters. The number of aromatic carboxylic acids is 1. The minimum atomic E-state index is -1.63. The third-order valence-corrected chi connectivity index (χ3v) is 4.35. The number of hydrogen-bond donors (Lipinski definition) is 3. The van der Waals surface area contributed by atoms with Gasteiger partial charge >= 0.3 is 5.97 Å². The number of rotatable bonds is 6. The summed E-state index contributed by atoms with van der Waals surface area (Å²) in [7, 11) is 0. The molecule has 30 heavy (non-hydrogen) atoms. The topological polar surface area (TPSA) is 104 Å². The van der Waals surface area contributed by atoms with E-state index in [4.69, 9.17) is 0 Å². The van der Waals surface area contributed by atoms with Crippen LogP contribution in [0.1, 0.15) is 27.0 Å². The Morgan fingerprint density at radius 1 is 1.13 bits per heavy atom. The average molecular weight is 419 g/mol. The zero-order valence-corrected chi connectivity index (χ0v) is 15.6. The van der Waals surface area contributed by atoms with Crippen LogP contribution in [0, 0.1) is 24.4 Å². The summed E-state index contributed by atoms with van der Waals surface area (Å²) in [5.41, 5.74) is 0.0907. The lowest BCUT2D eigenvalue weighted by Crippen LogP contribution is -2.24. The molecular formula is C20H16F3N3O4. The predicted molar refractivity (Wildman–Crippen MR) is 101 cm³/mol. The highest BCUT2D eigenvalue weighted by molar-refractivity contribution is 5.86. The summed E-state index contributed by atoms with van der Waals surface area (Å²) in [5.74, 6) is -6.06. The number of nitrogens with zero attached hydrogens (tertiary/aromatic N) is 2. The van der Waals surface area contributed by atoms with E-state index in [0.717, 1.165) is 23.9 Å². The monoisotopic (exact) mass is 419 g/mol. The van der Waals surface area contributed by atoms with Crippen LogP contribution in [0.4, 0.5) is 24.8 Å². The van der Waals surface area contributed by atoms with E-state index in [2.05, 4.69) is 10.3 Å². The highest BCUT2D eigenvalue weighted by atomic mass is 19.2. The van der Waals surface area contributed by atoms with E-state index in [1.807, 2.05) is 0 Å². The fourth-order valence-corrected chi connectivity index (χ4v) is 2.78. The zero-order valence-electron chi connectivity index (χ0n) is 15.6. The van der Waals surface area contributed by atoms with Crippen molar-refractivity contribution >= 4 is 17.6 Å². The summed E-state index contributed by atoms with van der Waals surface area (Å²) in [5, 5.41) is 21.4. The molecule has 0 fully saturated rings. The largest absolute Gasteiger partial charge is 0.477 e. The van der Waals surface area contributed by atoms with Gasteiger partial charge in [0.2, 0.25) is 5.95 Å². The first kappa shape index (κ1) is 21.1. The van der Waals surface area contributed by atoms with Gasteiger partial charge in [-0.15, -0.1) is 0 Å². The van der Waals surface area contributed by atoms with Crippen LogP contribution in [-0.2, 0) is 13.2 Å². The van der Waals surface area contributed by atoms with E-state index in [9.17, 15) is 33.0 Å². The summed E-state index contributed by atoms with van der Waals surface area (Å²) in [6, 6.07) is 6.54. The minimum Gasteiger partial charge on any atom is -0.477 e. The first-order valence-electron chi connectivity index (χ1n) is 8.65. The fourth-order valence-electron chi connectivity index (χ4n) is 2.78. The van der Waals surface area contributed by atoms with Crippen LogP contribution in [0.25, 0.3) is 0 Å². The normalized spacial score (nSPS) is 10.8. The van der Waals surface area contributed by atoms with Gasteiger partial charge < -0.3 is 20.1 Å². The molecule has 7 nitrogen and oxygen atoms in total.